The van der Waals surface area contributed by atoms with E-state index in [0.29, 0.717) is 27.8 Å². The molecule has 3 rings (SSSR count). The number of imidazole rings is 1. The number of hydrogen-bond acceptors (Lipinski definition) is 6. The quantitative estimate of drug-likeness (QED) is 0.798. The number of hydrogen-bond donors (Lipinski definition) is 1. The smallest absolute Gasteiger partial charge is 0.276 e. The van der Waals surface area contributed by atoms with E-state index in [1.54, 1.807) is 41.5 Å². The average molecular weight is 304 g/mol. The van der Waals surface area contributed by atoms with Gasteiger partial charge in [0.2, 0.25) is 4.96 Å². The lowest BCUT2D eigenvalue weighted by atomic mass is 10.2. The van der Waals surface area contributed by atoms with Crippen LogP contribution in [-0.4, -0.2) is 34.7 Å². The van der Waals surface area contributed by atoms with Crippen molar-refractivity contribution in [2.24, 2.45) is 0 Å². The molecular weight excluding hydrogens is 292 g/mol. The van der Waals surface area contributed by atoms with Crippen molar-refractivity contribution in [2.45, 2.75) is 0 Å². The summed E-state index contributed by atoms with van der Waals surface area (Å²) in [5, 5.41) is 6.80. The van der Waals surface area contributed by atoms with E-state index in [4.69, 9.17) is 9.47 Å². The second kappa shape index (κ2) is 5.41. The predicted octanol–water partition coefficient (Wildman–Crippen LogP) is 2.06. The molecule has 1 aromatic carbocycles. The van der Waals surface area contributed by atoms with Gasteiger partial charge in [-0.1, -0.05) is 11.3 Å². The molecule has 3 aromatic rings. The molecule has 0 fully saturated rings. The Bertz CT molecular complexity index is 767. The van der Waals surface area contributed by atoms with Gasteiger partial charge in [-0.25, -0.2) is 9.50 Å². The van der Waals surface area contributed by atoms with Gasteiger partial charge in [0.1, 0.15) is 22.7 Å². The van der Waals surface area contributed by atoms with Gasteiger partial charge in [-0.15, -0.1) is 0 Å². The van der Waals surface area contributed by atoms with E-state index in [2.05, 4.69) is 15.4 Å². The topological polar surface area (TPSA) is 77.8 Å². The second-order valence-electron chi connectivity index (χ2n) is 4.11. The van der Waals surface area contributed by atoms with Gasteiger partial charge in [-0.05, 0) is 12.1 Å². The zero-order chi connectivity index (χ0) is 14.8. The van der Waals surface area contributed by atoms with Crippen LogP contribution in [0.4, 0.5) is 5.69 Å². The Morgan fingerprint density at radius 1 is 1.33 bits per heavy atom. The van der Waals surface area contributed by atoms with Crippen LogP contribution in [0.15, 0.2) is 29.9 Å². The zero-order valence-electron chi connectivity index (χ0n) is 11.4. The third-order valence-corrected chi connectivity index (χ3v) is 3.56. The first-order valence-corrected chi connectivity index (χ1v) is 6.91. The first-order chi connectivity index (χ1) is 10.2. The molecule has 0 saturated carbocycles. The number of rotatable bonds is 4. The summed E-state index contributed by atoms with van der Waals surface area (Å²) in [6, 6.07) is 5.15. The normalized spacial score (nSPS) is 10.6. The highest BCUT2D eigenvalue weighted by atomic mass is 32.1. The van der Waals surface area contributed by atoms with E-state index >= 15 is 0 Å². The van der Waals surface area contributed by atoms with Crippen molar-refractivity contribution >= 4 is 27.9 Å². The van der Waals surface area contributed by atoms with Crippen LogP contribution in [0.2, 0.25) is 0 Å². The lowest BCUT2D eigenvalue weighted by Crippen LogP contribution is -2.13. The van der Waals surface area contributed by atoms with Gasteiger partial charge in [0.05, 0.1) is 26.1 Å². The van der Waals surface area contributed by atoms with Gasteiger partial charge in [0, 0.05) is 6.07 Å². The minimum absolute atomic E-state index is 0.298. The van der Waals surface area contributed by atoms with Crippen molar-refractivity contribution in [2.75, 3.05) is 19.5 Å². The second-order valence-corrected chi connectivity index (χ2v) is 4.92. The summed E-state index contributed by atoms with van der Waals surface area (Å²) >= 11 is 1.36. The summed E-state index contributed by atoms with van der Waals surface area (Å²) in [5.41, 5.74) is 2.51. The fourth-order valence-corrected chi connectivity index (χ4v) is 2.44. The molecule has 108 valence electrons. The van der Waals surface area contributed by atoms with E-state index in [9.17, 15) is 4.79 Å². The van der Waals surface area contributed by atoms with Crippen molar-refractivity contribution in [3.63, 3.8) is 0 Å². The van der Waals surface area contributed by atoms with E-state index in [0.717, 1.165) is 0 Å². The predicted molar refractivity (Wildman–Crippen MR) is 78.4 cm³/mol. The minimum Gasteiger partial charge on any atom is -0.497 e. The summed E-state index contributed by atoms with van der Waals surface area (Å²) in [6.45, 7) is 0. The lowest BCUT2D eigenvalue weighted by molar-refractivity contribution is 0.102. The van der Waals surface area contributed by atoms with Crippen molar-refractivity contribution < 1.29 is 14.3 Å². The fraction of sp³-hybridized carbons (Fsp3) is 0.154. The molecule has 0 atom stereocenters. The molecule has 0 spiro atoms. The SMILES string of the molecule is COc1ccc(NC(=O)c2cn3ncsc3n2)c(OC)c1. The highest BCUT2D eigenvalue weighted by Crippen LogP contribution is 2.29. The van der Waals surface area contributed by atoms with Crippen molar-refractivity contribution in [1.29, 1.82) is 0 Å². The van der Waals surface area contributed by atoms with Crippen LogP contribution >= 0.6 is 11.3 Å². The number of nitrogens with one attached hydrogen (secondary N) is 1. The Kier molecular flexibility index (Phi) is 3.44. The number of nitrogens with zero attached hydrogens (tertiary/aromatic N) is 3. The maximum atomic E-state index is 12.2. The van der Waals surface area contributed by atoms with Gasteiger partial charge in [-0.2, -0.15) is 5.10 Å². The van der Waals surface area contributed by atoms with Crippen molar-refractivity contribution in [1.82, 2.24) is 14.6 Å². The van der Waals surface area contributed by atoms with Crippen molar-refractivity contribution in [3.8, 4) is 11.5 Å². The Morgan fingerprint density at radius 3 is 2.90 bits per heavy atom. The maximum Gasteiger partial charge on any atom is 0.276 e. The van der Waals surface area contributed by atoms with Crippen LogP contribution in [0.1, 0.15) is 10.5 Å². The highest BCUT2D eigenvalue weighted by molar-refractivity contribution is 7.14. The summed E-state index contributed by atoms with van der Waals surface area (Å²) in [5.74, 6) is 0.842. The fourth-order valence-electron chi connectivity index (χ4n) is 1.84. The van der Waals surface area contributed by atoms with Crippen LogP contribution in [0.3, 0.4) is 0 Å². The molecule has 0 bridgehead atoms. The molecule has 0 aliphatic carbocycles. The molecular formula is C13H12N4O3S. The molecule has 0 aliphatic heterocycles. The Balaban J connectivity index is 1.85. The van der Waals surface area contributed by atoms with Crippen LogP contribution < -0.4 is 14.8 Å². The number of anilines is 1. The molecule has 1 N–H and O–H groups in total. The summed E-state index contributed by atoms with van der Waals surface area (Å²) < 4.78 is 11.9. The first kappa shape index (κ1) is 13.4. The average Bonchev–Trinajstić information content (AvgIpc) is 3.08. The molecule has 1 amide bonds. The largest absolute Gasteiger partial charge is 0.497 e. The number of aromatic nitrogens is 3. The number of methoxy groups -OCH3 is 2. The van der Waals surface area contributed by atoms with Gasteiger partial charge in [-0.3, -0.25) is 4.79 Å². The van der Waals surface area contributed by atoms with Gasteiger partial charge < -0.3 is 14.8 Å². The van der Waals surface area contributed by atoms with Gasteiger partial charge in [0.25, 0.3) is 5.91 Å². The van der Waals surface area contributed by atoms with Crippen LogP contribution in [0.5, 0.6) is 11.5 Å². The van der Waals surface area contributed by atoms with E-state index in [-0.39, 0.29) is 5.91 Å². The Labute approximate surface area is 124 Å². The molecule has 2 aromatic heterocycles. The third-order valence-electron chi connectivity index (χ3n) is 2.88. The first-order valence-electron chi connectivity index (χ1n) is 6.03. The molecule has 2 heterocycles. The number of benzene rings is 1. The van der Waals surface area contributed by atoms with Crippen LogP contribution in [-0.2, 0) is 0 Å². The summed E-state index contributed by atoms with van der Waals surface area (Å²) in [4.78, 5) is 17.1. The number of ether oxygens (including phenoxy) is 2. The highest BCUT2D eigenvalue weighted by Gasteiger charge is 2.14. The number of carbonyl (C=O) groups is 1. The van der Waals surface area contributed by atoms with Gasteiger partial charge in [0.15, 0.2) is 0 Å². The van der Waals surface area contributed by atoms with Crippen molar-refractivity contribution in [3.05, 3.63) is 35.6 Å². The van der Waals surface area contributed by atoms with Crippen LogP contribution in [0, 0.1) is 0 Å². The van der Waals surface area contributed by atoms with E-state index in [1.165, 1.54) is 18.4 Å². The molecule has 0 unspecified atom stereocenters. The third kappa shape index (κ3) is 2.52. The summed E-state index contributed by atoms with van der Waals surface area (Å²) in [6.07, 6.45) is 1.58. The monoisotopic (exact) mass is 304 g/mol. The molecule has 8 heteroatoms. The maximum absolute atomic E-state index is 12.2. The number of amides is 1. The minimum atomic E-state index is -0.323. The number of carbonyl (C=O) groups excluding carboxylic acids is 1. The van der Waals surface area contributed by atoms with E-state index in [1.807, 2.05) is 0 Å². The Morgan fingerprint density at radius 2 is 2.19 bits per heavy atom. The molecule has 7 nitrogen and oxygen atoms in total. The van der Waals surface area contributed by atoms with Gasteiger partial charge >= 0.3 is 0 Å². The molecule has 0 radical (unpaired) electrons. The zero-order valence-corrected chi connectivity index (χ0v) is 12.2. The summed E-state index contributed by atoms with van der Waals surface area (Å²) in [7, 11) is 3.10. The standard InChI is InChI=1S/C13H12N4O3S/c1-19-8-3-4-9(11(5-8)20-2)15-12(18)10-6-17-13(16-10)21-7-14-17/h3-7H,1-2H3,(H,15,18). The van der Waals surface area contributed by atoms with E-state index < -0.39 is 0 Å². The lowest BCUT2D eigenvalue weighted by Gasteiger charge is -2.10. The Hall–Kier alpha value is -2.61. The molecule has 0 aliphatic rings. The number of fused-ring (bicyclic) bond motifs is 1. The molecule has 21 heavy (non-hydrogen) atoms. The van der Waals surface area contributed by atoms with Crippen LogP contribution in [0.25, 0.3) is 4.96 Å². The molecule has 0 saturated heterocycles.